The summed E-state index contributed by atoms with van der Waals surface area (Å²) in [5.41, 5.74) is 4.07. The smallest absolute Gasteiger partial charge is 0.333 e. The summed E-state index contributed by atoms with van der Waals surface area (Å²) in [6, 6.07) is 3.59. The Bertz CT molecular complexity index is 1340. The first-order chi connectivity index (χ1) is 15.8. The quantitative estimate of drug-likeness (QED) is 0.505. The number of fused-ring (bicyclic) bond motifs is 1. The summed E-state index contributed by atoms with van der Waals surface area (Å²) in [5.74, 6) is 0.508. The van der Waals surface area contributed by atoms with E-state index in [9.17, 15) is 14.7 Å². The van der Waals surface area contributed by atoms with Crippen LogP contribution in [0.3, 0.4) is 0 Å². The van der Waals surface area contributed by atoms with Crippen molar-refractivity contribution < 1.29 is 5.11 Å². The largest absolute Gasteiger partial charge is 0.494 e. The highest BCUT2D eigenvalue weighted by molar-refractivity contribution is 6.34. The standard InChI is InChI=1S/C24H26ClN5O3/c1-6-27-19-14-17(25)18(26-5)15-20(19)28(7-2)21(27)13-11-10-12-16-22(31)29(8-3)24(33)30(9-4)23(16)32/h11-15,31H,6-9H2,1-4H3. The van der Waals surface area contributed by atoms with Crippen molar-refractivity contribution in [1.82, 2.24) is 9.13 Å². The lowest BCUT2D eigenvalue weighted by molar-refractivity contribution is 0.394. The summed E-state index contributed by atoms with van der Waals surface area (Å²) in [5, 5.41) is 10.8. The van der Waals surface area contributed by atoms with Gasteiger partial charge in [0.2, 0.25) is 11.6 Å². The molecule has 0 radical (unpaired) electrons. The molecule has 9 heteroatoms. The van der Waals surface area contributed by atoms with Gasteiger partial charge < -0.3 is 14.9 Å². The number of benzene rings is 1. The lowest BCUT2D eigenvalue weighted by Gasteiger charge is -2.23. The molecule has 0 bridgehead atoms. The zero-order valence-corrected chi connectivity index (χ0v) is 19.8. The topological polar surface area (TPSA) is 75.1 Å². The molecule has 33 heavy (non-hydrogen) atoms. The first-order valence-electron chi connectivity index (χ1n) is 10.8. The molecule has 0 spiro atoms. The van der Waals surface area contributed by atoms with E-state index >= 15 is 0 Å². The molecule has 2 aromatic rings. The number of aromatic nitrogens is 2. The van der Waals surface area contributed by atoms with Crippen LogP contribution in [0.15, 0.2) is 45.4 Å². The number of allylic oxidation sites excluding steroid dienone is 2. The van der Waals surface area contributed by atoms with Crippen molar-refractivity contribution in [2.45, 2.75) is 40.8 Å². The number of hydrogen-bond acceptors (Lipinski definition) is 5. The van der Waals surface area contributed by atoms with Gasteiger partial charge in [-0.25, -0.2) is 9.64 Å². The second-order valence-corrected chi connectivity index (χ2v) is 7.62. The van der Waals surface area contributed by atoms with Crippen molar-refractivity contribution in [2.24, 2.45) is 0 Å². The zero-order valence-electron chi connectivity index (χ0n) is 19.1. The van der Waals surface area contributed by atoms with Gasteiger partial charge in [-0.15, -0.1) is 5.73 Å². The highest BCUT2D eigenvalue weighted by atomic mass is 35.5. The highest BCUT2D eigenvalue weighted by Crippen LogP contribution is 2.46. The van der Waals surface area contributed by atoms with Crippen molar-refractivity contribution in [1.29, 1.82) is 0 Å². The second-order valence-electron chi connectivity index (χ2n) is 7.21. The fourth-order valence-electron chi connectivity index (χ4n) is 3.95. The molecular formula is C24H26ClN5O3. The van der Waals surface area contributed by atoms with Crippen molar-refractivity contribution in [3.8, 4) is 5.88 Å². The maximum Gasteiger partial charge on any atom is 0.333 e. The van der Waals surface area contributed by atoms with Crippen LogP contribution in [0, 0.1) is 6.57 Å². The molecule has 8 nitrogen and oxygen atoms in total. The SMILES string of the molecule is [C-]#[N+]c1cc2c(cc1Cl)N(CC)C(=CC=C=Cc1c(O)n(CC)c(=O)n(CC)c1=O)N2CC. The minimum Gasteiger partial charge on any atom is -0.494 e. The fraction of sp³-hybridized carbons (Fsp3) is 0.333. The Morgan fingerprint density at radius 1 is 1.03 bits per heavy atom. The molecule has 1 N–H and O–H groups in total. The average molecular weight is 468 g/mol. The van der Waals surface area contributed by atoms with E-state index in [0.29, 0.717) is 23.8 Å². The van der Waals surface area contributed by atoms with Crippen LogP contribution in [0.4, 0.5) is 17.1 Å². The van der Waals surface area contributed by atoms with Crippen LogP contribution in [-0.4, -0.2) is 27.3 Å². The molecule has 0 aliphatic carbocycles. The monoisotopic (exact) mass is 467 g/mol. The number of nitrogens with zero attached hydrogens (tertiary/aromatic N) is 5. The second kappa shape index (κ2) is 9.86. The Morgan fingerprint density at radius 2 is 1.64 bits per heavy atom. The number of halogens is 1. The Balaban J connectivity index is 2.08. The summed E-state index contributed by atoms with van der Waals surface area (Å²) < 4.78 is 2.24. The van der Waals surface area contributed by atoms with Crippen molar-refractivity contribution in [3.63, 3.8) is 0 Å². The molecule has 1 aromatic heterocycles. The first-order valence-corrected chi connectivity index (χ1v) is 11.2. The van der Waals surface area contributed by atoms with Gasteiger partial charge in [0.15, 0.2) is 0 Å². The van der Waals surface area contributed by atoms with Gasteiger partial charge in [0.05, 0.1) is 17.9 Å². The normalized spacial score (nSPS) is 13.6. The minimum atomic E-state index is -0.557. The summed E-state index contributed by atoms with van der Waals surface area (Å²) in [6.45, 7) is 16.6. The molecule has 1 aromatic carbocycles. The highest BCUT2D eigenvalue weighted by Gasteiger charge is 2.30. The molecule has 0 saturated carbocycles. The maximum atomic E-state index is 12.6. The van der Waals surface area contributed by atoms with Gasteiger partial charge in [0.25, 0.3) is 5.56 Å². The molecule has 1 aliphatic rings. The van der Waals surface area contributed by atoms with Crippen LogP contribution in [-0.2, 0) is 13.1 Å². The molecule has 0 fully saturated rings. The Labute approximate surface area is 197 Å². The third kappa shape index (κ3) is 4.09. The van der Waals surface area contributed by atoms with Gasteiger partial charge in [-0.2, -0.15) is 0 Å². The van der Waals surface area contributed by atoms with E-state index in [0.717, 1.165) is 26.3 Å². The van der Waals surface area contributed by atoms with Crippen LogP contribution in [0.1, 0.15) is 33.3 Å². The van der Waals surface area contributed by atoms with Crippen LogP contribution in [0.25, 0.3) is 10.9 Å². The first kappa shape index (κ1) is 24.0. The van der Waals surface area contributed by atoms with E-state index in [-0.39, 0.29) is 24.5 Å². The Hall–Kier alpha value is -3.66. The molecule has 3 rings (SSSR count). The molecule has 172 valence electrons. The predicted octanol–water partition coefficient (Wildman–Crippen LogP) is 4.34. The van der Waals surface area contributed by atoms with E-state index in [2.05, 4.69) is 20.4 Å². The van der Waals surface area contributed by atoms with E-state index in [4.69, 9.17) is 18.2 Å². The van der Waals surface area contributed by atoms with Gasteiger partial charge >= 0.3 is 5.69 Å². The van der Waals surface area contributed by atoms with E-state index in [1.165, 1.54) is 6.08 Å². The Morgan fingerprint density at radius 3 is 2.18 bits per heavy atom. The molecule has 1 aliphatic heterocycles. The third-order valence-electron chi connectivity index (χ3n) is 5.55. The molecular weight excluding hydrogens is 442 g/mol. The van der Waals surface area contributed by atoms with Crippen LogP contribution < -0.4 is 21.0 Å². The van der Waals surface area contributed by atoms with E-state index < -0.39 is 11.2 Å². The molecule has 0 atom stereocenters. The summed E-state index contributed by atoms with van der Waals surface area (Å²) >= 11 is 6.27. The zero-order chi connectivity index (χ0) is 24.3. The lowest BCUT2D eigenvalue weighted by atomic mass is 10.2. The molecule has 0 amide bonds. The summed E-state index contributed by atoms with van der Waals surface area (Å²) in [7, 11) is 0. The van der Waals surface area contributed by atoms with Crippen LogP contribution in [0.5, 0.6) is 5.88 Å². The molecule has 0 saturated heterocycles. The van der Waals surface area contributed by atoms with Crippen LogP contribution in [0.2, 0.25) is 5.02 Å². The van der Waals surface area contributed by atoms with Gasteiger partial charge in [0.1, 0.15) is 11.4 Å². The van der Waals surface area contributed by atoms with Gasteiger partial charge in [-0.3, -0.25) is 13.9 Å². The summed E-state index contributed by atoms with van der Waals surface area (Å²) in [6.07, 6.45) is 4.88. The van der Waals surface area contributed by atoms with Crippen molar-refractivity contribution >= 4 is 34.7 Å². The van der Waals surface area contributed by atoms with Gasteiger partial charge in [-0.05, 0) is 58.1 Å². The number of aromatic hydroxyl groups is 1. The number of anilines is 2. The van der Waals surface area contributed by atoms with E-state index in [1.807, 2.05) is 19.9 Å². The van der Waals surface area contributed by atoms with Crippen molar-refractivity contribution in [3.05, 3.63) is 78.7 Å². The number of rotatable bonds is 6. The van der Waals surface area contributed by atoms with Crippen molar-refractivity contribution in [2.75, 3.05) is 22.9 Å². The molecule has 0 unspecified atom stereocenters. The third-order valence-corrected chi connectivity index (χ3v) is 5.86. The maximum absolute atomic E-state index is 12.6. The minimum absolute atomic E-state index is 0.0100. The fourth-order valence-corrected chi connectivity index (χ4v) is 4.15. The van der Waals surface area contributed by atoms with E-state index in [1.54, 1.807) is 32.1 Å². The van der Waals surface area contributed by atoms with Gasteiger partial charge in [-0.1, -0.05) is 11.6 Å². The average Bonchev–Trinajstić information content (AvgIpc) is 3.09. The lowest BCUT2D eigenvalue weighted by Crippen LogP contribution is -2.40. The molecule has 2 heterocycles. The summed E-state index contributed by atoms with van der Waals surface area (Å²) in [4.78, 5) is 32.6. The van der Waals surface area contributed by atoms with Gasteiger partial charge in [0, 0.05) is 31.2 Å². The number of hydrogen-bond donors (Lipinski definition) is 1. The van der Waals surface area contributed by atoms with Crippen LogP contribution >= 0.6 is 11.6 Å². The predicted molar refractivity (Wildman–Crippen MR) is 132 cm³/mol. The Kier molecular flexibility index (Phi) is 7.17.